The Balaban J connectivity index is 1.34. The molecule has 0 aliphatic carbocycles. The average molecular weight is 481 g/mol. The van der Waals surface area contributed by atoms with E-state index in [1.165, 1.54) is 22.2 Å². The van der Waals surface area contributed by atoms with Gasteiger partial charge in [-0.3, -0.25) is 14.2 Å². The van der Waals surface area contributed by atoms with Crippen LogP contribution in [-0.4, -0.2) is 20.4 Å². The number of carbonyl (C=O) groups excluding carboxylic acids is 1. The SMILES string of the molecule is O=C(Cn1cnc2ccc(Br)cc2c1=O)Nc1nc(-c2cc3ccccc3o2)cs1. The summed E-state index contributed by atoms with van der Waals surface area (Å²) >= 11 is 4.64. The number of nitrogens with one attached hydrogen (secondary N) is 1. The van der Waals surface area contributed by atoms with Crippen LogP contribution >= 0.6 is 27.3 Å². The van der Waals surface area contributed by atoms with E-state index in [1.54, 1.807) is 12.1 Å². The number of amides is 1. The number of benzene rings is 2. The number of thiazole rings is 1. The second kappa shape index (κ2) is 7.51. The number of halogens is 1. The number of hydrogen-bond donors (Lipinski definition) is 1. The molecule has 0 saturated carbocycles. The summed E-state index contributed by atoms with van der Waals surface area (Å²) in [5.74, 6) is 0.271. The van der Waals surface area contributed by atoms with Gasteiger partial charge in [0.05, 0.1) is 17.2 Å². The zero-order valence-electron chi connectivity index (χ0n) is 15.3. The van der Waals surface area contributed by atoms with Gasteiger partial charge in [0, 0.05) is 15.2 Å². The number of anilines is 1. The van der Waals surface area contributed by atoms with E-state index in [-0.39, 0.29) is 18.0 Å². The van der Waals surface area contributed by atoms with E-state index in [2.05, 4.69) is 31.2 Å². The van der Waals surface area contributed by atoms with Crippen molar-refractivity contribution in [2.24, 2.45) is 0 Å². The van der Waals surface area contributed by atoms with Crippen molar-refractivity contribution >= 4 is 60.2 Å². The molecule has 0 atom stereocenters. The largest absolute Gasteiger partial charge is 0.454 e. The van der Waals surface area contributed by atoms with Gasteiger partial charge >= 0.3 is 0 Å². The molecule has 0 unspecified atom stereocenters. The first-order valence-corrected chi connectivity index (χ1v) is 10.6. The molecule has 0 aliphatic heterocycles. The molecule has 7 nitrogen and oxygen atoms in total. The minimum atomic E-state index is -0.362. The maximum Gasteiger partial charge on any atom is 0.261 e. The van der Waals surface area contributed by atoms with Crippen molar-refractivity contribution in [1.82, 2.24) is 14.5 Å². The van der Waals surface area contributed by atoms with E-state index in [0.29, 0.717) is 27.5 Å². The highest BCUT2D eigenvalue weighted by molar-refractivity contribution is 9.10. The normalized spacial score (nSPS) is 11.2. The Morgan fingerprint density at radius 2 is 2.07 bits per heavy atom. The molecule has 0 spiro atoms. The van der Waals surface area contributed by atoms with Crippen LogP contribution in [0.25, 0.3) is 33.3 Å². The smallest absolute Gasteiger partial charge is 0.261 e. The highest BCUT2D eigenvalue weighted by Crippen LogP contribution is 2.30. The third-order valence-corrected chi connectivity index (χ3v) is 5.78. The van der Waals surface area contributed by atoms with Gasteiger partial charge in [-0.15, -0.1) is 11.3 Å². The molecule has 0 aliphatic rings. The molecule has 3 heterocycles. The molecular weight excluding hydrogens is 468 g/mol. The Labute approximate surface area is 182 Å². The van der Waals surface area contributed by atoms with Crippen LogP contribution in [0.3, 0.4) is 0 Å². The van der Waals surface area contributed by atoms with Crippen molar-refractivity contribution in [3.8, 4) is 11.5 Å². The van der Waals surface area contributed by atoms with Crippen molar-refractivity contribution in [1.29, 1.82) is 0 Å². The summed E-state index contributed by atoms with van der Waals surface area (Å²) in [6, 6.07) is 14.9. The Morgan fingerprint density at radius 1 is 1.20 bits per heavy atom. The standard InChI is InChI=1S/C21H13BrN4O3S/c22-13-5-6-15-14(8-13)20(28)26(11-23-15)9-19(27)25-21-24-16(10-30-21)18-7-12-3-1-2-4-17(12)29-18/h1-8,10-11H,9H2,(H,24,25,27). The Morgan fingerprint density at radius 3 is 2.93 bits per heavy atom. The maximum absolute atomic E-state index is 12.6. The molecule has 148 valence electrons. The fourth-order valence-electron chi connectivity index (χ4n) is 3.11. The number of rotatable bonds is 4. The van der Waals surface area contributed by atoms with Crippen LogP contribution in [0, 0.1) is 0 Å². The van der Waals surface area contributed by atoms with Gasteiger partial charge < -0.3 is 9.73 Å². The number of carbonyl (C=O) groups is 1. The summed E-state index contributed by atoms with van der Waals surface area (Å²) in [5.41, 5.74) is 1.72. The van der Waals surface area contributed by atoms with Crippen molar-refractivity contribution in [2.75, 3.05) is 5.32 Å². The summed E-state index contributed by atoms with van der Waals surface area (Å²) in [7, 11) is 0. The van der Waals surface area contributed by atoms with Crippen LogP contribution in [0.15, 0.2) is 73.9 Å². The van der Waals surface area contributed by atoms with Gasteiger partial charge in [0.25, 0.3) is 5.56 Å². The van der Waals surface area contributed by atoms with Crippen LogP contribution in [0.5, 0.6) is 0 Å². The average Bonchev–Trinajstić information content (AvgIpc) is 3.37. The van der Waals surface area contributed by atoms with Gasteiger partial charge in [0.15, 0.2) is 10.9 Å². The monoisotopic (exact) mass is 480 g/mol. The molecular formula is C21H13BrN4O3S. The Bertz CT molecular complexity index is 1440. The number of hydrogen-bond acceptors (Lipinski definition) is 6. The lowest BCUT2D eigenvalue weighted by atomic mass is 10.2. The van der Waals surface area contributed by atoms with Gasteiger partial charge in [-0.05, 0) is 30.3 Å². The molecule has 1 N–H and O–H groups in total. The van der Waals surface area contributed by atoms with Crippen LogP contribution in [0.2, 0.25) is 0 Å². The summed E-state index contributed by atoms with van der Waals surface area (Å²) in [6.45, 7) is -0.159. The van der Waals surface area contributed by atoms with Crippen molar-refractivity contribution in [3.63, 3.8) is 0 Å². The van der Waals surface area contributed by atoms with Crippen molar-refractivity contribution in [2.45, 2.75) is 6.54 Å². The lowest BCUT2D eigenvalue weighted by molar-refractivity contribution is -0.116. The summed E-state index contributed by atoms with van der Waals surface area (Å²) < 4.78 is 7.86. The molecule has 5 aromatic rings. The van der Waals surface area contributed by atoms with Gasteiger partial charge in [-0.2, -0.15) is 0 Å². The van der Waals surface area contributed by atoms with E-state index < -0.39 is 0 Å². The lowest BCUT2D eigenvalue weighted by Crippen LogP contribution is -2.27. The van der Waals surface area contributed by atoms with Crippen LogP contribution in [0.1, 0.15) is 0 Å². The van der Waals surface area contributed by atoms with Gasteiger partial charge in [0.2, 0.25) is 5.91 Å². The number of furan rings is 1. The lowest BCUT2D eigenvalue weighted by Gasteiger charge is -2.06. The molecule has 1 amide bonds. The highest BCUT2D eigenvalue weighted by Gasteiger charge is 2.13. The first-order chi connectivity index (χ1) is 14.6. The molecule has 0 fully saturated rings. The third kappa shape index (κ3) is 3.53. The molecule has 2 aromatic carbocycles. The van der Waals surface area contributed by atoms with E-state index in [0.717, 1.165) is 15.4 Å². The predicted molar refractivity (Wildman–Crippen MR) is 120 cm³/mol. The van der Waals surface area contributed by atoms with Crippen LogP contribution in [-0.2, 0) is 11.3 Å². The number of para-hydroxylation sites is 1. The topological polar surface area (TPSA) is 90.0 Å². The highest BCUT2D eigenvalue weighted by atomic mass is 79.9. The fourth-order valence-corrected chi connectivity index (χ4v) is 4.19. The molecule has 0 saturated heterocycles. The minimum absolute atomic E-state index is 0.159. The zero-order valence-corrected chi connectivity index (χ0v) is 17.7. The quantitative estimate of drug-likeness (QED) is 0.403. The van der Waals surface area contributed by atoms with Crippen LogP contribution in [0.4, 0.5) is 5.13 Å². The summed E-state index contributed by atoms with van der Waals surface area (Å²) in [6.07, 6.45) is 1.37. The number of nitrogens with zero attached hydrogens (tertiary/aromatic N) is 3. The summed E-state index contributed by atoms with van der Waals surface area (Å²) in [5, 5.41) is 6.41. The molecule has 3 aromatic heterocycles. The fraction of sp³-hybridized carbons (Fsp3) is 0.0476. The van der Waals surface area contributed by atoms with Gasteiger partial charge in [-0.25, -0.2) is 9.97 Å². The predicted octanol–water partition coefficient (Wildman–Crippen LogP) is 4.67. The van der Waals surface area contributed by atoms with Crippen molar-refractivity contribution < 1.29 is 9.21 Å². The molecule has 30 heavy (non-hydrogen) atoms. The van der Waals surface area contributed by atoms with E-state index in [1.807, 2.05) is 41.8 Å². The number of aromatic nitrogens is 3. The Kier molecular flexibility index (Phi) is 4.68. The summed E-state index contributed by atoms with van der Waals surface area (Å²) in [4.78, 5) is 33.8. The van der Waals surface area contributed by atoms with E-state index in [4.69, 9.17) is 4.42 Å². The van der Waals surface area contributed by atoms with E-state index in [9.17, 15) is 9.59 Å². The Hall–Kier alpha value is -3.30. The molecule has 0 radical (unpaired) electrons. The number of fused-ring (bicyclic) bond motifs is 2. The van der Waals surface area contributed by atoms with Crippen LogP contribution < -0.4 is 10.9 Å². The minimum Gasteiger partial charge on any atom is -0.454 e. The van der Waals surface area contributed by atoms with Crippen molar-refractivity contribution in [3.05, 3.63) is 75.1 Å². The molecule has 0 bridgehead atoms. The second-order valence-corrected chi connectivity index (χ2v) is 8.35. The first kappa shape index (κ1) is 18.7. The maximum atomic E-state index is 12.6. The first-order valence-electron chi connectivity index (χ1n) is 8.96. The molecule has 5 rings (SSSR count). The van der Waals surface area contributed by atoms with E-state index >= 15 is 0 Å². The zero-order chi connectivity index (χ0) is 20.7. The van der Waals surface area contributed by atoms with Gasteiger partial charge in [-0.1, -0.05) is 34.1 Å². The second-order valence-electron chi connectivity index (χ2n) is 6.57. The molecule has 9 heteroatoms. The van der Waals surface area contributed by atoms with Gasteiger partial charge in [0.1, 0.15) is 17.8 Å². The third-order valence-electron chi connectivity index (χ3n) is 4.53.